The predicted octanol–water partition coefficient (Wildman–Crippen LogP) is 3.82. The van der Waals surface area contributed by atoms with Crippen LogP contribution in [0, 0.1) is 0 Å². The smallest absolute Gasteiger partial charge is 0.278 e. The number of ether oxygens (including phenoxy) is 2. The zero-order valence-electron chi connectivity index (χ0n) is 16.5. The molecule has 3 aromatic rings. The Bertz CT molecular complexity index is 1250. The van der Waals surface area contributed by atoms with Crippen LogP contribution in [0.25, 0.3) is 5.57 Å². The lowest BCUT2D eigenvalue weighted by Gasteiger charge is -2.21. The number of carbonyl (C=O) groups excluding carboxylic acids is 2. The number of imide groups is 1. The summed E-state index contributed by atoms with van der Waals surface area (Å²) in [5, 5.41) is 1.93. The summed E-state index contributed by atoms with van der Waals surface area (Å²) in [6.45, 7) is 1.05. The molecule has 0 N–H and O–H groups in total. The third-order valence-corrected chi connectivity index (χ3v) is 6.73. The van der Waals surface area contributed by atoms with Crippen molar-refractivity contribution in [3.05, 3.63) is 81.7 Å². The maximum absolute atomic E-state index is 13.6. The van der Waals surface area contributed by atoms with Gasteiger partial charge in [-0.1, -0.05) is 30.3 Å². The number of hydrogen-bond donors (Lipinski definition) is 0. The number of nitrogens with zero attached hydrogens (tertiary/aromatic N) is 2. The van der Waals surface area contributed by atoms with Gasteiger partial charge in [-0.25, -0.2) is 0 Å². The molecular weight excluding hydrogens is 412 g/mol. The van der Waals surface area contributed by atoms with Crippen LogP contribution in [0.5, 0.6) is 11.5 Å². The van der Waals surface area contributed by atoms with E-state index < -0.39 is 0 Å². The Morgan fingerprint density at radius 1 is 0.935 bits per heavy atom. The van der Waals surface area contributed by atoms with Crippen LogP contribution < -0.4 is 14.4 Å². The highest BCUT2D eigenvalue weighted by Gasteiger charge is 2.43. The van der Waals surface area contributed by atoms with Gasteiger partial charge in [0.15, 0.2) is 11.5 Å². The lowest BCUT2D eigenvalue weighted by molar-refractivity contribution is -0.137. The van der Waals surface area contributed by atoms with Crippen LogP contribution in [-0.4, -0.2) is 30.1 Å². The molecule has 2 amide bonds. The second kappa shape index (κ2) is 6.99. The van der Waals surface area contributed by atoms with Gasteiger partial charge in [0.05, 0.1) is 12.1 Å². The van der Waals surface area contributed by atoms with Gasteiger partial charge in [0.25, 0.3) is 11.8 Å². The molecule has 0 saturated carbocycles. The summed E-state index contributed by atoms with van der Waals surface area (Å²) in [7, 11) is 0. The summed E-state index contributed by atoms with van der Waals surface area (Å²) >= 11 is 1.47. The molecule has 0 atom stereocenters. The first-order chi connectivity index (χ1) is 15.2. The molecule has 154 valence electrons. The third-order valence-electron chi connectivity index (χ3n) is 5.85. The topological polar surface area (TPSA) is 59.1 Å². The number of rotatable bonds is 4. The Balaban J connectivity index is 1.40. The average molecular weight is 430 g/mol. The predicted molar refractivity (Wildman–Crippen MR) is 117 cm³/mol. The van der Waals surface area contributed by atoms with Crippen LogP contribution in [0.1, 0.15) is 16.0 Å². The van der Waals surface area contributed by atoms with Gasteiger partial charge in [0, 0.05) is 17.1 Å². The second-order valence-electron chi connectivity index (χ2n) is 7.62. The normalized spacial score (nSPS) is 17.2. The SMILES string of the molecule is O=C1C(c2cccs2)=C(N2CCc3ccccc32)C(=O)N1Cc1ccc2c(c1)OCO2. The fourth-order valence-electron chi connectivity index (χ4n) is 4.39. The molecule has 31 heavy (non-hydrogen) atoms. The molecule has 6 rings (SSSR count). The largest absolute Gasteiger partial charge is 0.454 e. The van der Waals surface area contributed by atoms with E-state index in [9.17, 15) is 9.59 Å². The molecule has 0 saturated heterocycles. The highest BCUT2D eigenvalue weighted by atomic mass is 32.1. The highest BCUT2D eigenvalue weighted by Crippen LogP contribution is 2.40. The highest BCUT2D eigenvalue weighted by molar-refractivity contribution is 7.11. The van der Waals surface area contributed by atoms with Gasteiger partial charge in [-0.2, -0.15) is 0 Å². The van der Waals surface area contributed by atoms with Crippen molar-refractivity contribution < 1.29 is 19.1 Å². The average Bonchev–Trinajstić information content (AvgIpc) is 3.57. The standard InChI is InChI=1S/C24H18N2O4S/c27-23-21(20-6-3-11-31-20)22(25-10-9-16-4-1-2-5-17(16)25)24(28)26(23)13-15-7-8-18-19(12-15)30-14-29-18/h1-8,11-12H,9-10,13-14H2. The van der Waals surface area contributed by atoms with Crippen molar-refractivity contribution in [1.82, 2.24) is 4.90 Å². The van der Waals surface area contributed by atoms with Crippen LogP contribution in [0.2, 0.25) is 0 Å². The molecule has 4 heterocycles. The van der Waals surface area contributed by atoms with Crippen molar-refractivity contribution in [2.45, 2.75) is 13.0 Å². The van der Waals surface area contributed by atoms with Crippen LogP contribution in [0.15, 0.2) is 65.7 Å². The molecule has 1 aromatic heterocycles. The first kappa shape index (κ1) is 18.2. The number of carbonyl (C=O) groups is 2. The van der Waals surface area contributed by atoms with E-state index in [4.69, 9.17) is 9.47 Å². The lowest BCUT2D eigenvalue weighted by atomic mass is 10.1. The number of thiophene rings is 1. The minimum atomic E-state index is -0.261. The Hall–Kier alpha value is -3.58. The summed E-state index contributed by atoms with van der Waals surface area (Å²) in [5.41, 5.74) is 3.96. The van der Waals surface area contributed by atoms with Crippen molar-refractivity contribution >= 4 is 34.4 Å². The second-order valence-corrected chi connectivity index (χ2v) is 8.56. The van der Waals surface area contributed by atoms with E-state index in [2.05, 4.69) is 6.07 Å². The van der Waals surface area contributed by atoms with Gasteiger partial charge in [-0.05, 0) is 47.2 Å². The number of fused-ring (bicyclic) bond motifs is 2. The van der Waals surface area contributed by atoms with Gasteiger partial charge in [-0.15, -0.1) is 11.3 Å². The number of hydrogen-bond acceptors (Lipinski definition) is 6. The fourth-order valence-corrected chi connectivity index (χ4v) is 5.16. The van der Waals surface area contributed by atoms with Gasteiger partial charge >= 0.3 is 0 Å². The monoisotopic (exact) mass is 430 g/mol. The number of benzene rings is 2. The maximum atomic E-state index is 13.6. The van der Waals surface area contributed by atoms with Gasteiger partial charge in [0.1, 0.15) is 5.70 Å². The molecule has 0 fully saturated rings. The molecule has 6 nitrogen and oxygen atoms in total. The molecule has 3 aliphatic heterocycles. The molecule has 0 spiro atoms. The van der Waals surface area contributed by atoms with E-state index in [1.165, 1.54) is 21.8 Å². The minimum Gasteiger partial charge on any atom is -0.454 e. The van der Waals surface area contributed by atoms with E-state index >= 15 is 0 Å². The van der Waals surface area contributed by atoms with E-state index in [-0.39, 0.29) is 25.2 Å². The molecule has 0 aliphatic carbocycles. The summed E-state index contributed by atoms with van der Waals surface area (Å²) in [4.78, 5) is 31.3. The quantitative estimate of drug-likeness (QED) is 0.589. The van der Waals surface area contributed by atoms with Crippen LogP contribution in [0.4, 0.5) is 5.69 Å². The molecule has 0 radical (unpaired) electrons. The van der Waals surface area contributed by atoms with Crippen molar-refractivity contribution in [2.24, 2.45) is 0 Å². The Labute approximate surface area is 182 Å². The minimum absolute atomic E-state index is 0.183. The van der Waals surface area contributed by atoms with Crippen LogP contribution in [0.3, 0.4) is 0 Å². The zero-order valence-corrected chi connectivity index (χ0v) is 17.4. The Morgan fingerprint density at radius 3 is 2.68 bits per heavy atom. The van der Waals surface area contributed by atoms with Gasteiger partial charge < -0.3 is 14.4 Å². The van der Waals surface area contributed by atoms with Crippen molar-refractivity contribution in [1.29, 1.82) is 0 Å². The lowest BCUT2D eigenvalue weighted by Crippen LogP contribution is -2.34. The number of anilines is 1. The van der Waals surface area contributed by atoms with E-state index in [1.54, 1.807) is 0 Å². The summed E-state index contributed by atoms with van der Waals surface area (Å²) in [6, 6.07) is 17.4. The zero-order chi connectivity index (χ0) is 20.9. The third kappa shape index (κ3) is 2.84. The van der Waals surface area contributed by atoms with E-state index in [0.29, 0.717) is 29.3 Å². The molecule has 3 aliphatic rings. The van der Waals surface area contributed by atoms with Crippen LogP contribution in [-0.2, 0) is 22.6 Å². The molecule has 0 bridgehead atoms. The molecule has 0 unspecified atom stereocenters. The summed E-state index contributed by atoms with van der Waals surface area (Å²) in [5.74, 6) is 0.790. The number of para-hydroxylation sites is 1. The van der Waals surface area contributed by atoms with Crippen molar-refractivity contribution in [2.75, 3.05) is 18.2 Å². The maximum Gasteiger partial charge on any atom is 0.278 e. The summed E-state index contributed by atoms with van der Waals surface area (Å²) < 4.78 is 10.8. The first-order valence-electron chi connectivity index (χ1n) is 10.1. The van der Waals surface area contributed by atoms with Crippen LogP contribution >= 0.6 is 11.3 Å². The van der Waals surface area contributed by atoms with Gasteiger partial charge in [0.2, 0.25) is 6.79 Å². The fraction of sp³-hybridized carbons (Fsp3) is 0.167. The summed E-state index contributed by atoms with van der Waals surface area (Å²) in [6.07, 6.45) is 0.848. The first-order valence-corrected chi connectivity index (χ1v) is 11.0. The van der Waals surface area contributed by atoms with E-state index in [0.717, 1.165) is 22.5 Å². The van der Waals surface area contributed by atoms with E-state index in [1.807, 2.05) is 58.8 Å². The Kier molecular flexibility index (Phi) is 4.11. The Morgan fingerprint density at radius 2 is 1.81 bits per heavy atom. The van der Waals surface area contributed by atoms with Crippen molar-refractivity contribution in [3.8, 4) is 11.5 Å². The number of amides is 2. The molecule has 7 heteroatoms. The molecule has 2 aromatic carbocycles. The van der Waals surface area contributed by atoms with Crippen molar-refractivity contribution in [3.63, 3.8) is 0 Å². The molecular formula is C24H18N2O4S. The van der Waals surface area contributed by atoms with Gasteiger partial charge in [-0.3, -0.25) is 14.5 Å².